The van der Waals surface area contributed by atoms with Crippen LogP contribution in [0.3, 0.4) is 0 Å². The van der Waals surface area contributed by atoms with Crippen molar-refractivity contribution >= 4 is 21.7 Å². The maximum atomic E-state index is 12.0. The number of carbonyl (C=O) groups is 1. The van der Waals surface area contributed by atoms with Gasteiger partial charge in [-0.05, 0) is 29.8 Å². The van der Waals surface area contributed by atoms with E-state index in [1.54, 1.807) is 4.68 Å². The highest BCUT2D eigenvalue weighted by Crippen LogP contribution is 2.19. The molecule has 0 bridgehead atoms. The molecule has 0 atom stereocenters. The maximum absolute atomic E-state index is 12.0. The zero-order valence-corrected chi connectivity index (χ0v) is 11.4. The molecule has 0 unspecified atom stereocenters. The molecule has 88 valence electrons. The molecular weight excluding hydrogens is 280 g/mol. The second kappa shape index (κ2) is 4.84. The van der Waals surface area contributed by atoms with Gasteiger partial charge in [0.05, 0.1) is 15.9 Å². The van der Waals surface area contributed by atoms with Crippen LogP contribution in [0.2, 0.25) is 0 Å². The second-order valence-electron chi connectivity index (χ2n) is 3.93. The maximum Gasteiger partial charge on any atom is 0.184 e. The second-order valence-corrected chi connectivity index (χ2v) is 4.72. The van der Waals surface area contributed by atoms with Gasteiger partial charge in [0, 0.05) is 5.56 Å². The van der Waals surface area contributed by atoms with Crippen LogP contribution >= 0.6 is 15.9 Å². The molecular formula is C13H13BrN2O. The Kier molecular flexibility index (Phi) is 3.43. The lowest BCUT2D eigenvalue weighted by molar-refractivity contribution is 0.0966. The number of rotatable bonds is 3. The minimum absolute atomic E-state index is 0.0729. The minimum Gasteiger partial charge on any atom is -0.292 e. The summed E-state index contributed by atoms with van der Waals surface area (Å²) in [7, 11) is 0. The summed E-state index contributed by atoms with van der Waals surface area (Å²) in [6, 6.07) is 9.28. The molecule has 0 saturated heterocycles. The SMILES string of the molecule is Cc1nn(CC(=O)c2ccccc2)c(C)c1Br. The molecule has 0 amide bonds. The molecule has 17 heavy (non-hydrogen) atoms. The van der Waals surface area contributed by atoms with E-state index < -0.39 is 0 Å². The van der Waals surface area contributed by atoms with Gasteiger partial charge >= 0.3 is 0 Å². The summed E-state index contributed by atoms with van der Waals surface area (Å²) in [5.41, 5.74) is 2.60. The fourth-order valence-corrected chi connectivity index (χ4v) is 1.96. The molecule has 0 radical (unpaired) electrons. The van der Waals surface area contributed by atoms with Gasteiger partial charge in [0.2, 0.25) is 0 Å². The van der Waals surface area contributed by atoms with Crippen LogP contribution in [-0.2, 0) is 6.54 Å². The zero-order valence-electron chi connectivity index (χ0n) is 9.77. The first-order valence-electron chi connectivity index (χ1n) is 5.37. The molecule has 0 N–H and O–H groups in total. The van der Waals surface area contributed by atoms with Crippen LogP contribution in [0.5, 0.6) is 0 Å². The summed E-state index contributed by atoms with van der Waals surface area (Å²) in [4.78, 5) is 12.0. The van der Waals surface area contributed by atoms with Crippen LogP contribution in [0, 0.1) is 13.8 Å². The Morgan fingerprint density at radius 2 is 1.94 bits per heavy atom. The fourth-order valence-electron chi connectivity index (χ4n) is 1.68. The van der Waals surface area contributed by atoms with Crippen molar-refractivity contribution in [1.29, 1.82) is 0 Å². The number of benzene rings is 1. The Morgan fingerprint density at radius 1 is 1.29 bits per heavy atom. The Labute approximate surface area is 109 Å². The van der Waals surface area contributed by atoms with Gasteiger partial charge in [-0.2, -0.15) is 5.10 Å². The van der Waals surface area contributed by atoms with E-state index in [2.05, 4.69) is 21.0 Å². The Morgan fingerprint density at radius 3 is 2.47 bits per heavy atom. The minimum atomic E-state index is 0.0729. The smallest absolute Gasteiger partial charge is 0.184 e. The van der Waals surface area contributed by atoms with Crippen molar-refractivity contribution in [2.45, 2.75) is 20.4 Å². The Balaban J connectivity index is 2.22. The molecule has 1 aromatic carbocycles. The summed E-state index contributed by atoms with van der Waals surface area (Å²) in [5.74, 6) is 0.0729. The van der Waals surface area contributed by atoms with E-state index >= 15 is 0 Å². The Bertz CT molecular complexity index is 546. The number of aryl methyl sites for hydroxylation is 1. The average Bonchev–Trinajstić information content (AvgIpc) is 2.58. The third-order valence-electron chi connectivity index (χ3n) is 2.68. The molecule has 1 heterocycles. The van der Waals surface area contributed by atoms with Gasteiger partial charge in [-0.15, -0.1) is 0 Å². The molecule has 0 saturated carbocycles. The van der Waals surface area contributed by atoms with Gasteiger partial charge in [-0.3, -0.25) is 9.48 Å². The first-order chi connectivity index (χ1) is 8.09. The first kappa shape index (κ1) is 12.0. The van der Waals surface area contributed by atoms with Crippen molar-refractivity contribution in [2.24, 2.45) is 0 Å². The number of carbonyl (C=O) groups excluding carboxylic acids is 1. The van der Waals surface area contributed by atoms with Gasteiger partial charge in [-0.25, -0.2) is 0 Å². The zero-order chi connectivity index (χ0) is 12.4. The third-order valence-corrected chi connectivity index (χ3v) is 3.83. The van der Waals surface area contributed by atoms with Gasteiger partial charge in [-0.1, -0.05) is 30.3 Å². The summed E-state index contributed by atoms with van der Waals surface area (Å²) in [6.07, 6.45) is 0. The van der Waals surface area contributed by atoms with Gasteiger partial charge in [0.1, 0.15) is 6.54 Å². The third kappa shape index (κ3) is 2.47. The number of nitrogens with zero attached hydrogens (tertiary/aromatic N) is 2. The normalized spacial score (nSPS) is 10.5. The molecule has 0 aliphatic carbocycles. The lowest BCUT2D eigenvalue weighted by atomic mass is 10.1. The van der Waals surface area contributed by atoms with Crippen LogP contribution in [0.1, 0.15) is 21.7 Å². The van der Waals surface area contributed by atoms with Crippen molar-refractivity contribution < 1.29 is 4.79 Å². The van der Waals surface area contributed by atoms with E-state index in [1.807, 2.05) is 44.2 Å². The molecule has 0 spiro atoms. The number of hydrogen-bond acceptors (Lipinski definition) is 2. The summed E-state index contributed by atoms with van der Waals surface area (Å²) >= 11 is 3.45. The summed E-state index contributed by atoms with van der Waals surface area (Å²) in [5, 5.41) is 4.32. The molecule has 2 aromatic rings. The monoisotopic (exact) mass is 292 g/mol. The van der Waals surface area contributed by atoms with Crippen LogP contribution in [0.4, 0.5) is 0 Å². The first-order valence-corrected chi connectivity index (χ1v) is 6.16. The van der Waals surface area contributed by atoms with Gasteiger partial charge in [0.25, 0.3) is 0 Å². The van der Waals surface area contributed by atoms with Crippen molar-refractivity contribution in [3.63, 3.8) is 0 Å². The highest BCUT2D eigenvalue weighted by atomic mass is 79.9. The lowest BCUT2D eigenvalue weighted by Crippen LogP contribution is -2.12. The quantitative estimate of drug-likeness (QED) is 0.815. The number of hydrogen-bond donors (Lipinski definition) is 0. The molecule has 0 fully saturated rings. The van der Waals surface area contributed by atoms with E-state index in [1.165, 1.54) is 0 Å². The molecule has 0 aliphatic heterocycles. The standard InChI is InChI=1S/C13H13BrN2O/c1-9-13(14)10(2)16(15-9)8-12(17)11-6-4-3-5-7-11/h3-7H,8H2,1-2H3. The largest absolute Gasteiger partial charge is 0.292 e. The predicted molar refractivity (Wildman–Crippen MR) is 70.2 cm³/mol. The van der Waals surface area contributed by atoms with Crippen molar-refractivity contribution in [3.05, 3.63) is 51.8 Å². The van der Waals surface area contributed by atoms with E-state index in [0.29, 0.717) is 0 Å². The summed E-state index contributed by atoms with van der Waals surface area (Å²) in [6.45, 7) is 4.14. The van der Waals surface area contributed by atoms with Crippen molar-refractivity contribution in [2.75, 3.05) is 0 Å². The highest BCUT2D eigenvalue weighted by Gasteiger charge is 2.12. The highest BCUT2D eigenvalue weighted by molar-refractivity contribution is 9.10. The summed E-state index contributed by atoms with van der Waals surface area (Å²) < 4.78 is 2.70. The molecule has 3 nitrogen and oxygen atoms in total. The molecule has 0 aliphatic rings. The van der Waals surface area contributed by atoms with Crippen molar-refractivity contribution in [1.82, 2.24) is 9.78 Å². The van der Waals surface area contributed by atoms with Crippen molar-refractivity contribution in [3.8, 4) is 0 Å². The number of Topliss-reactive ketones (excluding diaryl/α,β-unsaturated/α-hetero) is 1. The van der Waals surface area contributed by atoms with Gasteiger partial charge < -0.3 is 0 Å². The van der Waals surface area contributed by atoms with Crippen LogP contribution < -0.4 is 0 Å². The predicted octanol–water partition coefficient (Wildman–Crippen LogP) is 3.15. The number of halogens is 1. The van der Waals surface area contributed by atoms with Gasteiger partial charge in [0.15, 0.2) is 5.78 Å². The Hall–Kier alpha value is -1.42. The van der Waals surface area contributed by atoms with E-state index in [9.17, 15) is 4.79 Å². The topological polar surface area (TPSA) is 34.9 Å². The van der Waals surface area contributed by atoms with E-state index in [4.69, 9.17) is 0 Å². The number of ketones is 1. The molecule has 2 rings (SSSR count). The van der Waals surface area contributed by atoms with Crippen LogP contribution in [0.25, 0.3) is 0 Å². The number of aromatic nitrogens is 2. The van der Waals surface area contributed by atoms with E-state index in [-0.39, 0.29) is 12.3 Å². The fraction of sp³-hybridized carbons (Fsp3) is 0.231. The molecule has 1 aromatic heterocycles. The lowest BCUT2D eigenvalue weighted by Gasteiger charge is -2.03. The van der Waals surface area contributed by atoms with E-state index in [0.717, 1.165) is 21.4 Å². The van der Waals surface area contributed by atoms with Crippen LogP contribution in [0.15, 0.2) is 34.8 Å². The van der Waals surface area contributed by atoms with Crippen LogP contribution in [-0.4, -0.2) is 15.6 Å². The molecule has 4 heteroatoms. The average molecular weight is 293 g/mol.